The van der Waals surface area contributed by atoms with Gasteiger partial charge < -0.3 is 9.80 Å². The lowest BCUT2D eigenvalue weighted by Gasteiger charge is -2.35. The van der Waals surface area contributed by atoms with E-state index in [0.29, 0.717) is 24.2 Å². The Labute approximate surface area is 595 Å². The molecule has 0 fully saturated rings. The van der Waals surface area contributed by atoms with Gasteiger partial charge >= 0.3 is 0 Å². The molecule has 6 heterocycles. The zero-order valence-electron chi connectivity index (χ0n) is 60.5. The van der Waals surface area contributed by atoms with Gasteiger partial charge in [-0.25, -0.2) is 0 Å². The number of benzene rings is 3. The lowest BCUT2D eigenvalue weighted by molar-refractivity contribution is -0.124. The smallest absolute Gasteiger partial charge is 0.261 e. The second kappa shape index (κ2) is 34.9. The number of amides is 2. The van der Waals surface area contributed by atoms with E-state index in [9.17, 15) is 0 Å². The molecule has 0 spiro atoms. The number of rotatable bonds is 45. The van der Waals surface area contributed by atoms with E-state index in [1.807, 2.05) is 9.80 Å². The van der Waals surface area contributed by atoms with Gasteiger partial charge in [0.1, 0.15) is 22.1 Å². The topological polar surface area (TPSA) is 92.2 Å². The Morgan fingerprint density at radius 2 is 0.677 bits per heavy atom. The van der Waals surface area contributed by atoms with Crippen molar-refractivity contribution < 1.29 is 9.59 Å². The van der Waals surface area contributed by atoms with Gasteiger partial charge in [-0.2, -0.15) is 17.5 Å². The average molecular weight is 1370 g/mol. The predicted molar refractivity (Wildman–Crippen MR) is 414 cm³/mol. The quantitative estimate of drug-likeness (QED) is 0.0353. The summed E-state index contributed by atoms with van der Waals surface area (Å²) in [5.74, 6) is -0.0309. The van der Waals surface area contributed by atoms with Gasteiger partial charge in [-0.15, -0.1) is 22.7 Å². The second-order valence-corrected chi connectivity index (χ2v) is 33.0. The lowest BCUT2D eigenvalue weighted by Crippen LogP contribution is -2.30. The first-order chi connectivity index (χ1) is 47.1. The SMILES string of the molecule is CCCCCCCCN1C(=O)C2=C(c3ccc(-c4cc5c(c6nsnc46)-c4cc6c(cc4C5(CCCCCCCC)CCCCCCCC)-c4c(cc(C)c5nsnc45)C6(CCCCCCCC)CCCCCCCC)s3)N(CCCCCCCC)C(=O)C2=C1c1ccc(C)s1. The maximum atomic E-state index is 15.6. The highest BCUT2D eigenvalue weighted by atomic mass is 32.1. The van der Waals surface area contributed by atoms with Crippen molar-refractivity contribution >= 4 is 91.4 Å². The summed E-state index contributed by atoms with van der Waals surface area (Å²) in [5.41, 5.74) is 20.5. The summed E-state index contributed by atoms with van der Waals surface area (Å²) < 4.78 is 21.2. The van der Waals surface area contributed by atoms with Crippen LogP contribution in [0.25, 0.3) is 66.2 Å². The third kappa shape index (κ3) is 15.2. The molecule has 0 saturated heterocycles. The third-order valence-corrected chi connectivity index (χ3v) is 25.8. The number of thiophene rings is 2. The highest BCUT2D eigenvalue weighted by Crippen LogP contribution is 2.64. The van der Waals surface area contributed by atoms with Crippen LogP contribution in [0.4, 0.5) is 0 Å². The van der Waals surface area contributed by atoms with Crippen molar-refractivity contribution in [2.24, 2.45) is 0 Å². The number of hydrogen-bond acceptors (Lipinski definition) is 10. The van der Waals surface area contributed by atoms with Crippen LogP contribution >= 0.6 is 46.1 Å². The molecule has 4 aromatic heterocycles. The summed E-state index contributed by atoms with van der Waals surface area (Å²) in [6, 6.07) is 19.6. The Kier molecular flexibility index (Phi) is 26.3. The highest BCUT2D eigenvalue weighted by Gasteiger charge is 2.52. The normalized spacial score (nSPS) is 15.2. The standard InChI is InChI=1S/C84H116N6O2S4/c1-9-15-21-27-33-39-49-83(50-40-34-28-22-16-10-2)64-57-62-65(56-61(64)71-66(83)55-59(7)75-77(71)87-95-85-75)84(51-41-35-29-23-17-11-3,52-42-36-30-24-18-12-4)67-58-63(76-78(72(62)67)88-96-86-76)68-47-48-70(94-68)80-74-73(81(91)90(80)54-44-38-32-26-20-14-6)79(69-46-45-60(8)93-69)89(82(74)92)53-43-37-31-25-19-13-5/h45-48,55-58H,9-44,49-54H2,1-8H3. The Hall–Kier alpha value is -4.88. The number of aromatic nitrogens is 4. The van der Waals surface area contributed by atoms with Crippen LogP contribution in [0.5, 0.6) is 0 Å². The molecule has 2 amide bonds. The van der Waals surface area contributed by atoms with E-state index in [2.05, 4.69) is 104 Å². The molecule has 3 aromatic carbocycles. The van der Waals surface area contributed by atoms with Gasteiger partial charge in [0.2, 0.25) is 0 Å². The van der Waals surface area contributed by atoms with Gasteiger partial charge in [0, 0.05) is 50.4 Å². The summed E-state index contributed by atoms with van der Waals surface area (Å²) in [4.78, 5) is 39.5. The van der Waals surface area contributed by atoms with Crippen molar-refractivity contribution in [2.45, 2.75) is 323 Å². The molecule has 2 aliphatic heterocycles. The molecule has 0 bridgehead atoms. The molecule has 12 heteroatoms. The summed E-state index contributed by atoms with van der Waals surface area (Å²) in [6.45, 7) is 19.5. The molecular formula is C84H116N6O2S4. The summed E-state index contributed by atoms with van der Waals surface area (Å²) in [6.07, 6.45) is 48.4. The molecule has 518 valence electrons. The van der Waals surface area contributed by atoms with Crippen LogP contribution in [-0.4, -0.2) is 52.2 Å². The van der Waals surface area contributed by atoms with Gasteiger partial charge in [-0.1, -0.05) is 266 Å². The molecule has 8 nitrogen and oxygen atoms in total. The van der Waals surface area contributed by atoms with E-state index in [0.717, 1.165) is 118 Å². The van der Waals surface area contributed by atoms with E-state index in [1.54, 1.807) is 22.7 Å². The number of hydrogen-bond donors (Lipinski definition) is 0. The summed E-state index contributed by atoms with van der Waals surface area (Å²) >= 11 is 6.21. The van der Waals surface area contributed by atoms with Crippen LogP contribution in [0.2, 0.25) is 0 Å². The Morgan fingerprint density at radius 3 is 1.09 bits per heavy atom. The number of nitrogens with zero attached hydrogens (tertiary/aromatic N) is 6. The van der Waals surface area contributed by atoms with Crippen LogP contribution in [-0.2, 0) is 20.4 Å². The van der Waals surface area contributed by atoms with Gasteiger partial charge in [0.25, 0.3) is 11.8 Å². The number of aryl methyl sites for hydroxylation is 2. The van der Waals surface area contributed by atoms with E-state index < -0.39 is 0 Å². The molecule has 4 aliphatic rings. The predicted octanol–water partition coefficient (Wildman–Crippen LogP) is 26.2. The first-order valence-corrected chi connectivity index (χ1v) is 42.3. The number of carbonyl (C=O) groups is 2. The zero-order chi connectivity index (χ0) is 67.0. The molecular weight excluding hydrogens is 1250 g/mol. The van der Waals surface area contributed by atoms with Crippen LogP contribution in [0, 0.1) is 13.8 Å². The van der Waals surface area contributed by atoms with Gasteiger partial charge in [-0.05, 0) is 134 Å². The maximum Gasteiger partial charge on any atom is 0.261 e. The van der Waals surface area contributed by atoms with Crippen molar-refractivity contribution in [3.63, 3.8) is 0 Å². The molecule has 7 aromatic rings. The van der Waals surface area contributed by atoms with Crippen molar-refractivity contribution in [3.05, 3.63) is 102 Å². The Bertz CT molecular complexity index is 3760. The Morgan fingerprint density at radius 1 is 0.344 bits per heavy atom. The van der Waals surface area contributed by atoms with Gasteiger partial charge in [0.15, 0.2) is 0 Å². The largest absolute Gasteiger partial charge is 0.306 e. The molecule has 0 N–H and O–H groups in total. The minimum atomic E-state index is -0.252. The van der Waals surface area contributed by atoms with E-state index >= 15 is 9.59 Å². The minimum Gasteiger partial charge on any atom is -0.306 e. The van der Waals surface area contributed by atoms with Crippen molar-refractivity contribution in [2.75, 3.05) is 13.1 Å². The molecule has 0 atom stereocenters. The molecule has 2 aliphatic carbocycles. The summed E-state index contributed by atoms with van der Waals surface area (Å²) in [7, 11) is 0. The molecule has 0 radical (unpaired) electrons. The van der Waals surface area contributed by atoms with Crippen LogP contribution in [0.3, 0.4) is 0 Å². The fourth-order valence-electron chi connectivity index (χ4n) is 17.4. The molecule has 0 saturated carbocycles. The first-order valence-electron chi connectivity index (χ1n) is 39.2. The van der Waals surface area contributed by atoms with E-state index in [-0.39, 0.29) is 22.6 Å². The van der Waals surface area contributed by atoms with E-state index in [1.165, 1.54) is 271 Å². The van der Waals surface area contributed by atoms with Crippen LogP contribution in [0.15, 0.2) is 59.7 Å². The van der Waals surface area contributed by atoms with Crippen molar-refractivity contribution in [1.82, 2.24) is 27.3 Å². The maximum absolute atomic E-state index is 15.6. The monoisotopic (exact) mass is 1370 g/mol. The average Bonchev–Trinajstić information content (AvgIpc) is 1.52. The molecule has 0 unspecified atom stereocenters. The Balaban J connectivity index is 1.09. The van der Waals surface area contributed by atoms with Crippen LogP contribution in [0.1, 0.15) is 341 Å². The number of unbranched alkanes of at least 4 members (excludes halogenated alkanes) is 30. The van der Waals surface area contributed by atoms with Gasteiger partial charge in [-0.3, -0.25) is 9.59 Å². The third-order valence-electron chi connectivity index (χ3n) is 22.6. The fourth-order valence-corrected chi connectivity index (χ4v) is 20.6. The van der Waals surface area contributed by atoms with Crippen molar-refractivity contribution in [3.8, 4) is 32.7 Å². The molecule has 96 heavy (non-hydrogen) atoms. The van der Waals surface area contributed by atoms with Crippen molar-refractivity contribution in [1.29, 1.82) is 0 Å². The minimum absolute atomic E-state index is 0.0155. The van der Waals surface area contributed by atoms with Crippen LogP contribution < -0.4 is 0 Å². The van der Waals surface area contributed by atoms with Gasteiger partial charge in [0.05, 0.1) is 55.8 Å². The lowest BCUT2D eigenvalue weighted by atomic mass is 9.68. The first kappa shape index (κ1) is 72.4. The number of fused-ring (bicyclic) bond motifs is 11. The summed E-state index contributed by atoms with van der Waals surface area (Å²) in [5, 5.41) is 0. The highest BCUT2D eigenvalue weighted by molar-refractivity contribution is 7.16. The fraction of sp³-hybridized carbons (Fsp3) is 0.619. The number of carbonyl (C=O) groups excluding carboxylic acids is 2. The van der Waals surface area contributed by atoms with E-state index in [4.69, 9.17) is 17.5 Å². The second-order valence-electron chi connectivity index (χ2n) is 29.5. The zero-order valence-corrected chi connectivity index (χ0v) is 63.7. The molecule has 11 rings (SSSR count).